The normalized spacial score (nSPS) is 10.1. The molecule has 0 spiro atoms. The molecule has 88 valence electrons. The fourth-order valence-corrected chi connectivity index (χ4v) is 1.93. The van der Waals surface area contributed by atoms with Crippen molar-refractivity contribution in [1.29, 1.82) is 0 Å². The topological polar surface area (TPSA) is 33.3 Å². The maximum Gasteiger partial charge on any atom is 0.170 e. The molecule has 1 aromatic carbocycles. The van der Waals surface area contributed by atoms with E-state index in [1.54, 1.807) is 7.11 Å². The molecule has 16 heavy (non-hydrogen) atoms. The highest BCUT2D eigenvalue weighted by Crippen LogP contribution is 2.27. The number of methoxy groups -OCH3 is 1. The second kappa shape index (κ2) is 6.06. The molecule has 3 nitrogen and oxygen atoms in total. The summed E-state index contributed by atoms with van der Waals surface area (Å²) in [6.07, 6.45) is 0. The molecule has 0 aliphatic carbocycles. The highest BCUT2D eigenvalue weighted by atomic mass is 79.9. The van der Waals surface area contributed by atoms with Gasteiger partial charge in [-0.2, -0.15) is 0 Å². The number of nitrogens with one attached hydrogen (secondary N) is 2. The Labute approximate surface area is 110 Å². The van der Waals surface area contributed by atoms with E-state index in [4.69, 9.17) is 17.0 Å². The van der Waals surface area contributed by atoms with Gasteiger partial charge in [-0.15, -0.1) is 0 Å². The summed E-state index contributed by atoms with van der Waals surface area (Å²) >= 11 is 8.55. The number of rotatable bonds is 3. The van der Waals surface area contributed by atoms with Crippen LogP contribution in [0.15, 0.2) is 22.7 Å². The molecular formula is C11H15BrN2OS. The molecule has 0 bridgehead atoms. The number of ether oxygens (including phenoxy) is 1. The lowest BCUT2D eigenvalue weighted by molar-refractivity contribution is 0.412. The van der Waals surface area contributed by atoms with Crippen molar-refractivity contribution in [2.24, 2.45) is 0 Å². The largest absolute Gasteiger partial charge is 0.495 e. The fourth-order valence-electron chi connectivity index (χ4n) is 1.17. The number of halogens is 1. The van der Waals surface area contributed by atoms with Crippen molar-refractivity contribution in [2.75, 3.05) is 12.4 Å². The van der Waals surface area contributed by atoms with Gasteiger partial charge in [-0.1, -0.05) is 0 Å². The quantitative estimate of drug-likeness (QED) is 0.841. The molecule has 5 heteroatoms. The first-order valence-electron chi connectivity index (χ1n) is 4.94. The van der Waals surface area contributed by atoms with Crippen LogP contribution in [0.3, 0.4) is 0 Å². The Morgan fingerprint density at radius 2 is 2.12 bits per heavy atom. The zero-order valence-corrected chi connectivity index (χ0v) is 11.9. The van der Waals surface area contributed by atoms with Crippen molar-refractivity contribution in [2.45, 2.75) is 19.9 Å². The summed E-state index contributed by atoms with van der Waals surface area (Å²) in [7, 11) is 1.63. The first kappa shape index (κ1) is 13.3. The SMILES string of the molecule is COc1cc(NC(=S)NC(C)C)ccc1Br. The number of benzene rings is 1. The summed E-state index contributed by atoms with van der Waals surface area (Å²) in [6.45, 7) is 4.08. The lowest BCUT2D eigenvalue weighted by Crippen LogP contribution is -2.33. The number of thiocarbonyl (C=S) groups is 1. The second-order valence-corrected chi connectivity index (χ2v) is 4.87. The lowest BCUT2D eigenvalue weighted by atomic mass is 10.3. The third-order valence-corrected chi connectivity index (χ3v) is 2.70. The second-order valence-electron chi connectivity index (χ2n) is 3.60. The summed E-state index contributed by atoms with van der Waals surface area (Å²) in [6, 6.07) is 6.05. The van der Waals surface area contributed by atoms with Gasteiger partial charge in [0.1, 0.15) is 5.75 Å². The monoisotopic (exact) mass is 302 g/mol. The van der Waals surface area contributed by atoms with Gasteiger partial charge in [0.15, 0.2) is 5.11 Å². The van der Waals surface area contributed by atoms with Crippen molar-refractivity contribution < 1.29 is 4.74 Å². The van der Waals surface area contributed by atoms with Crippen LogP contribution in [0.1, 0.15) is 13.8 Å². The van der Waals surface area contributed by atoms with Crippen molar-refractivity contribution in [1.82, 2.24) is 5.32 Å². The highest BCUT2D eigenvalue weighted by molar-refractivity contribution is 9.10. The molecule has 0 radical (unpaired) electrons. The standard InChI is InChI=1S/C11H15BrN2OS/c1-7(2)13-11(16)14-8-4-5-9(12)10(6-8)15-3/h4-7H,1-3H3,(H2,13,14,16). The van der Waals surface area contributed by atoms with Crippen LogP contribution in [0.4, 0.5) is 5.69 Å². The summed E-state index contributed by atoms with van der Waals surface area (Å²) in [5.41, 5.74) is 0.901. The van der Waals surface area contributed by atoms with Crippen molar-refractivity contribution >= 4 is 38.9 Å². The van der Waals surface area contributed by atoms with Gasteiger partial charge in [-0.25, -0.2) is 0 Å². The molecule has 2 N–H and O–H groups in total. The Morgan fingerprint density at radius 1 is 1.44 bits per heavy atom. The van der Waals surface area contributed by atoms with E-state index in [2.05, 4.69) is 26.6 Å². The molecule has 0 aliphatic rings. The van der Waals surface area contributed by atoms with E-state index < -0.39 is 0 Å². The number of anilines is 1. The molecule has 0 heterocycles. The molecule has 0 aromatic heterocycles. The molecular weight excluding hydrogens is 288 g/mol. The molecule has 0 atom stereocenters. The lowest BCUT2D eigenvalue weighted by Gasteiger charge is -2.14. The van der Waals surface area contributed by atoms with E-state index in [1.807, 2.05) is 32.0 Å². The average Bonchev–Trinajstić information content (AvgIpc) is 2.19. The van der Waals surface area contributed by atoms with Crippen LogP contribution in [0.5, 0.6) is 5.75 Å². The van der Waals surface area contributed by atoms with Crippen LogP contribution in [0.2, 0.25) is 0 Å². The summed E-state index contributed by atoms with van der Waals surface area (Å²) in [5, 5.41) is 6.82. The minimum Gasteiger partial charge on any atom is -0.495 e. The Hall–Kier alpha value is -0.810. The Kier molecular flexibility index (Phi) is 5.02. The minimum atomic E-state index is 0.317. The van der Waals surface area contributed by atoms with E-state index in [9.17, 15) is 0 Å². The van der Waals surface area contributed by atoms with Gasteiger partial charge in [0.25, 0.3) is 0 Å². The Bertz CT molecular complexity index is 382. The van der Waals surface area contributed by atoms with E-state index in [1.165, 1.54) is 0 Å². The summed E-state index contributed by atoms with van der Waals surface area (Å²) < 4.78 is 6.12. The van der Waals surface area contributed by atoms with E-state index in [0.29, 0.717) is 11.2 Å². The van der Waals surface area contributed by atoms with Crippen LogP contribution in [0, 0.1) is 0 Å². The van der Waals surface area contributed by atoms with E-state index in [0.717, 1.165) is 15.9 Å². The van der Waals surface area contributed by atoms with Gasteiger partial charge in [0.05, 0.1) is 11.6 Å². The molecule has 0 amide bonds. The molecule has 0 saturated heterocycles. The predicted molar refractivity (Wildman–Crippen MR) is 75.2 cm³/mol. The van der Waals surface area contributed by atoms with E-state index >= 15 is 0 Å². The van der Waals surface area contributed by atoms with Gasteiger partial charge in [-0.05, 0) is 54.1 Å². The molecule has 0 aliphatic heterocycles. The van der Waals surface area contributed by atoms with Gasteiger partial charge in [0, 0.05) is 17.8 Å². The molecule has 0 unspecified atom stereocenters. The average molecular weight is 303 g/mol. The van der Waals surface area contributed by atoms with Gasteiger partial charge < -0.3 is 15.4 Å². The molecule has 0 fully saturated rings. The highest BCUT2D eigenvalue weighted by Gasteiger charge is 2.03. The van der Waals surface area contributed by atoms with Gasteiger partial charge in [-0.3, -0.25) is 0 Å². The third-order valence-electron chi connectivity index (χ3n) is 1.83. The van der Waals surface area contributed by atoms with Crippen molar-refractivity contribution in [3.8, 4) is 5.75 Å². The minimum absolute atomic E-state index is 0.317. The summed E-state index contributed by atoms with van der Waals surface area (Å²) in [5.74, 6) is 0.775. The Morgan fingerprint density at radius 3 is 2.69 bits per heavy atom. The maximum absolute atomic E-state index is 5.20. The van der Waals surface area contributed by atoms with Gasteiger partial charge in [0.2, 0.25) is 0 Å². The number of hydrogen-bond acceptors (Lipinski definition) is 2. The summed E-state index contributed by atoms with van der Waals surface area (Å²) in [4.78, 5) is 0. The fraction of sp³-hybridized carbons (Fsp3) is 0.364. The first-order valence-corrected chi connectivity index (χ1v) is 6.14. The van der Waals surface area contributed by atoms with Crippen LogP contribution in [-0.4, -0.2) is 18.3 Å². The number of hydrogen-bond donors (Lipinski definition) is 2. The van der Waals surface area contributed by atoms with E-state index in [-0.39, 0.29) is 0 Å². The third kappa shape index (κ3) is 3.98. The maximum atomic E-state index is 5.20. The zero-order chi connectivity index (χ0) is 12.1. The van der Waals surface area contributed by atoms with Crippen LogP contribution < -0.4 is 15.4 Å². The van der Waals surface area contributed by atoms with Crippen molar-refractivity contribution in [3.63, 3.8) is 0 Å². The zero-order valence-electron chi connectivity index (χ0n) is 9.50. The van der Waals surface area contributed by atoms with Crippen LogP contribution >= 0.6 is 28.1 Å². The first-order chi connectivity index (χ1) is 7.52. The Balaban J connectivity index is 2.71. The van der Waals surface area contributed by atoms with Gasteiger partial charge >= 0.3 is 0 Å². The van der Waals surface area contributed by atoms with Crippen LogP contribution in [-0.2, 0) is 0 Å². The molecule has 1 aromatic rings. The predicted octanol–water partition coefficient (Wildman–Crippen LogP) is 3.15. The molecule has 0 saturated carbocycles. The van der Waals surface area contributed by atoms with Crippen molar-refractivity contribution in [3.05, 3.63) is 22.7 Å². The smallest absolute Gasteiger partial charge is 0.170 e. The molecule has 1 rings (SSSR count). The van der Waals surface area contributed by atoms with Crippen LogP contribution in [0.25, 0.3) is 0 Å².